The lowest BCUT2D eigenvalue weighted by Crippen LogP contribution is -2.46. The van der Waals surface area contributed by atoms with Gasteiger partial charge in [-0.2, -0.15) is 0 Å². The summed E-state index contributed by atoms with van der Waals surface area (Å²) in [5.41, 5.74) is 1.97. The summed E-state index contributed by atoms with van der Waals surface area (Å²) in [6.45, 7) is 1.11. The van der Waals surface area contributed by atoms with Crippen LogP contribution in [0.5, 0.6) is 5.75 Å². The number of thioether (sulfide) groups is 1. The molecule has 2 aliphatic rings. The molecule has 0 bridgehead atoms. The monoisotopic (exact) mass is 426 g/mol. The Hall–Kier alpha value is -2.87. The number of nitrogens with one attached hydrogen (secondary N) is 1. The van der Waals surface area contributed by atoms with Gasteiger partial charge in [0.2, 0.25) is 0 Å². The van der Waals surface area contributed by atoms with Crippen LogP contribution in [-0.4, -0.2) is 53.8 Å². The first kappa shape index (κ1) is 20.4. The van der Waals surface area contributed by atoms with E-state index in [2.05, 4.69) is 5.32 Å². The standard InChI is InChI=1S/C22H23FN4O2S/c1-29-18-9-3-15(4-10-18)19-20(30-2)26-22(25-19)11-13-27(14-12-22)21(28)24-17-7-5-16(23)6-8-17/h3-10H,11-14H2,1-2H3,(H,24,28). The zero-order chi connectivity index (χ0) is 21.1. The van der Waals surface area contributed by atoms with Crippen LogP contribution in [0.4, 0.5) is 14.9 Å². The van der Waals surface area contributed by atoms with Gasteiger partial charge in [-0.25, -0.2) is 14.2 Å². The Balaban J connectivity index is 1.45. The van der Waals surface area contributed by atoms with Gasteiger partial charge in [0.05, 0.1) is 12.8 Å². The van der Waals surface area contributed by atoms with Crippen molar-refractivity contribution >= 4 is 34.2 Å². The highest BCUT2D eigenvalue weighted by atomic mass is 32.2. The molecular weight excluding hydrogens is 403 g/mol. The van der Waals surface area contributed by atoms with Gasteiger partial charge in [0.1, 0.15) is 16.6 Å². The fourth-order valence-electron chi connectivity index (χ4n) is 3.63. The van der Waals surface area contributed by atoms with Crippen LogP contribution >= 0.6 is 11.8 Å². The molecule has 8 heteroatoms. The molecule has 2 aromatic rings. The number of ether oxygens (including phenoxy) is 1. The van der Waals surface area contributed by atoms with Crippen molar-refractivity contribution in [2.45, 2.75) is 18.5 Å². The molecule has 1 fully saturated rings. The van der Waals surface area contributed by atoms with Crippen LogP contribution in [0.15, 0.2) is 58.5 Å². The molecule has 1 saturated heterocycles. The van der Waals surface area contributed by atoms with Crippen LogP contribution in [0.3, 0.4) is 0 Å². The van der Waals surface area contributed by atoms with Crippen LogP contribution in [-0.2, 0) is 0 Å². The SMILES string of the molecule is COc1ccc(C2=NC3(CCN(C(=O)Nc4ccc(F)cc4)CC3)N=C2SC)cc1. The number of anilines is 1. The van der Waals surface area contributed by atoms with Crippen molar-refractivity contribution in [2.75, 3.05) is 31.8 Å². The lowest BCUT2D eigenvalue weighted by atomic mass is 9.98. The molecule has 30 heavy (non-hydrogen) atoms. The Kier molecular flexibility index (Phi) is 5.76. The van der Waals surface area contributed by atoms with Gasteiger partial charge in [-0.15, -0.1) is 11.8 Å². The summed E-state index contributed by atoms with van der Waals surface area (Å²) in [6, 6.07) is 13.4. The predicted molar refractivity (Wildman–Crippen MR) is 119 cm³/mol. The van der Waals surface area contributed by atoms with Crippen LogP contribution in [0.2, 0.25) is 0 Å². The van der Waals surface area contributed by atoms with Crippen LogP contribution in [0, 0.1) is 5.82 Å². The zero-order valence-corrected chi connectivity index (χ0v) is 17.7. The average Bonchev–Trinajstić information content (AvgIpc) is 3.14. The number of piperidine rings is 1. The van der Waals surface area contributed by atoms with Crippen molar-refractivity contribution in [3.63, 3.8) is 0 Å². The molecule has 0 atom stereocenters. The van der Waals surface area contributed by atoms with E-state index in [1.54, 1.807) is 35.9 Å². The summed E-state index contributed by atoms with van der Waals surface area (Å²) in [5.74, 6) is 0.470. The van der Waals surface area contributed by atoms with E-state index in [4.69, 9.17) is 14.7 Å². The van der Waals surface area contributed by atoms with Gasteiger partial charge in [-0.1, -0.05) is 0 Å². The van der Waals surface area contributed by atoms with Gasteiger partial charge in [0.15, 0.2) is 5.66 Å². The molecular formula is C22H23FN4O2S. The van der Waals surface area contributed by atoms with Gasteiger partial charge >= 0.3 is 6.03 Å². The Morgan fingerprint density at radius 2 is 1.77 bits per heavy atom. The third-order valence-electron chi connectivity index (χ3n) is 5.34. The maximum atomic E-state index is 13.0. The van der Waals surface area contributed by atoms with Crippen molar-refractivity contribution in [3.8, 4) is 5.75 Å². The summed E-state index contributed by atoms with van der Waals surface area (Å²) in [4.78, 5) is 24.2. The molecule has 1 spiro atoms. The maximum Gasteiger partial charge on any atom is 0.321 e. The van der Waals surface area contributed by atoms with Crippen molar-refractivity contribution in [2.24, 2.45) is 9.98 Å². The first-order valence-electron chi connectivity index (χ1n) is 9.72. The molecule has 4 rings (SSSR count). The minimum Gasteiger partial charge on any atom is -0.497 e. The Labute approximate surface area is 179 Å². The summed E-state index contributed by atoms with van der Waals surface area (Å²) in [5, 5.41) is 3.74. The molecule has 156 valence electrons. The third kappa shape index (κ3) is 4.18. The normalized spacial score (nSPS) is 17.5. The van der Waals surface area contributed by atoms with E-state index >= 15 is 0 Å². The zero-order valence-electron chi connectivity index (χ0n) is 16.9. The lowest BCUT2D eigenvalue weighted by molar-refractivity contribution is 0.175. The molecule has 0 aliphatic carbocycles. The quantitative estimate of drug-likeness (QED) is 0.790. The van der Waals surface area contributed by atoms with E-state index < -0.39 is 5.66 Å². The first-order valence-corrected chi connectivity index (χ1v) is 10.9. The largest absolute Gasteiger partial charge is 0.497 e. The van der Waals surface area contributed by atoms with E-state index in [1.807, 2.05) is 30.5 Å². The van der Waals surface area contributed by atoms with E-state index in [0.717, 1.165) is 22.1 Å². The summed E-state index contributed by atoms with van der Waals surface area (Å²) < 4.78 is 18.3. The highest BCUT2D eigenvalue weighted by molar-refractivity contribution is 8.15. The summed E-state index contributed by atoms with van der Waals surface area (Å²) in [6.07, 6.45) is 3.32. The highest BCUT2D eigenvalue weighted by Gasteiger charge is 2.40. The number of amides is 2. The number of methoxy groups -OCH3 is 1. The molecule has 0 aromatic heterocycles. The molecule has 2 amide bonds. The van der Waals surface area contributed by atoms with Crippen molar-refractivity contribution < 1.29 is 13.9 Å². The molecule has 2 aromatic carbocycles. The number of carbonyl (C=O) groups is 1. The number of hydrogen-bond acceptors (Lipinski definition) is 5. The van der Waals surface area contributed by atoms with Crippen molar-refractivity contribution in [1.29, 1.82) is 0 Å². The fourth-order valence-corrected chi connectivity index (χ4v) is 4.25. The van der Waals surface area contributed by atoms with Crippen LogP contribution in [0.25, 0.3) is 0 Å². The smallest absolute Gasteiger partial charge is 0.321 e. The number of likely N-dealkylation sites (tertiary alicyclic amines) is 1. The topological polar surface area (TPSA) is 66.3 Å². The number of rotatable bonds is 3. The maximum absolute atomic E-state index is 13.0. The van der Waals surface area contributed by atoms with Gasteiger partial charge in [-0.05, 0) is 54.8 Å². The Morgan fingerprint density at radius 1 is 1.10 bits per heavy atom. The van der Waals surface area contributed by atoms with Crippen LogP contribution < -0.4 is 10.1 Å². The number of nitrogens with zero attached hydrogens (tertiary/aromatic N) is 3. The predicted octanol–water partition coefficient (Wildman–Crippen LogP) is 4.42. The van der Waals surface area contributed by atoms with E-state index in [-0.39, 0.29) is 11.8 Å². The number of carbonyl (C=O) groups excluding carboxylic acids is 1. The number of hydrogen-bond donors (Lipinski definition) is 1. The van der Waals surface area contributed by atoms with Gasteiger partial charge in [-0.3, -0.25) is 4.99 Å². The van der Waals surface area contributed by atoms with Gasteiger partial charge in [0, 0.05) is 37.2 Å². The second kappa shape index (κ2) is 8.47. The molecule has 0 unspecified atom stereocenters. The third-order valence-corrected chi connectivity index (χ3v) is 6.01. The van der Waals surface area contributed by atoms with Crippen LogP contribution in [0.1, 0.15) is 18.4 Å². The molecule has 0 radical (unpaired) electrons. The number of benzene rings is 2. The fraction of sp³-hybridized carbons (Fsp3) is 0.318. The molecule has 1 N–H and O–H groups in total. The molecule has 2 aliphatic heterocycles. The average molecular weight is 427 g/mol. The number of aliphatic imine (C=N–C) groups is 2. The molecule has 6 nitrogen and oxygen atoms in total. The Bertz CT molecular complexity index is 981. The van der Waals surface area contributed by atoms with E-state index in [9.17, 15) is 9.18 Å². The second-order valence-corrected chi connectivity index (χ2v) is 8.01. The van der Waals surface area contributed by atoms with Gasteiger partial charge < -0.3 is 15.0 Å². The lowest BCUT2D eigenvalue weighted by Gasteiger charge is -2.35. The number of urea groups is 1. The molecule has 0 saturated carbocycles. The van der Waals surface area contributed by atoms with Crippen molar-refractivity contribution in [3.05, 3.63) is 59.9 Å². The number of halogens is 1. The van der Waals surface area contributed by atoms with Crippen molar-refractivity contribution in [1.82, 2.24) is 4.90 Å². The van der Waals surface area contributed by atoms with E-state index in [1.165, 1.54) is 12.1 Å². The summed E-state index contributed by atoms with van der Waals surface area (Å²) in [7, 11) is 1.64. The minimum absolute atomic E-state index is 0.192. The highest BCUT2D eigenvalue weighted by Crippen LogP contribution is 2.35. The second-order valence-electron chi connectivity index (χ2n) is 7.22. The minimum atomic E-state index is -0.514. The first-order chi connectivity index (χ1) is 14.5. The van der Waals surface area contributed by atoms with E-state index in [0.29, 0.717) is 31.6 Å². The summed E-state index contributed by atoms with van der Waals surface area (Å²) >= 11 is 1.59. The Morgan fingerprint density at radius 3 is 2.37 bits per heavy atom. The van der Waals surface area contributed by atoms with Gasteiger partial charge in [0.25, 0.3) is 0 Å². The molecule has 2 heterocycles.